The Labute approximate surface area is 120 Å². The van der Waals surface area contributed by atoms with Crippen molar-refractivity contribution >= 4 is 0 Å². The first-order chi connectivity index (χ1) is 9.33. The summed E-state index contributed by atoms with van der Waals surface area (Å²) < 4.78 is 5.61. The van der Waals surface area contributed by atoms with E-state index in [4.69, 9.17) is 4.74 Å². The van der Waals surface area contributed by atoms with Crippen LogP contribution in [0, 0.1) is 0 Å². The van der Waals surface area contributed by atoms with Gasteiger partial charge in [-0.25, -0.2) is 0 Å². The van der Waals surface area contributed by atoms with Crippen LogP contribution in [-0.2, 0) is 4.74 Å². The van der Waals surface area contributed by atoms with Crippen molar-refractivity contribution in [2.75, 3.05) is 13.3 Å². The quantitative estimate of drug-likeness (QED) is 0.502. The molecule has 1 fully saturated rings. The van der Waals surface area contributed by atoms with E-state index in [1.165, 1.54) is 77.0 Å². The third-order valence-electron chi connectivity index (χ3n) is 4.45. The van der Waals surface area contributed by atoms with E-state index in [-0.39, 0.29) is 0 Å². The highest BCUT2D eigenvalue weighted by Gasteiger charge is 2.32. The monoisotopic (exact) mass is 269 g/mol. The van der Waals surface area contributed by atoms with Crippen LogP contribution < -0.4 is 5.32 Å². The highest BCUT2D eigenvalue weighted by Crippen LogP contribution is 2.26. The predicted molar refractivity (Wildman–Crippen MR) is 83.4 cm³/mol. The maximum Gasteiger partial charge on any atom is 0.0971 e. The van der Waals surface area contributed by atoms with E-state index < -0.39 is 0 Å². The summed E-state index contributed by atoms with van der Waals surface area (Å²) in [5.74, 6) is 0. The molecule has 0 amide bonds. The van der Waals surface area contributed by atoms with E-state index in [9.17, 15) is 0 Å². The molecule has 0 spiro atoms. The van der Waals surface area contributed by atoms with Crippen LogP contribution >= 0.6 is 0 Å². The van der Waals surface area contributed by atoms with Crippen LogP contribution in [0.25, 0.3) is 0 Å². The molecule has 2 nitrogen and oxygen atoms in total. The van der Waals surface area contributed by atoms with Crippen molar-refractivity contribution in [3.63, 3.8) is 0 Å². The summed E-state index contributed by atoms with van der Waals surface area (Å²) in [6.45, 7) is 6.27. The van der Waals surface area contributed by atoms with E-state index in [2.05, 4.69) is 19.2 Å². The van der Waals surface area contributed by atoms with Gasteiger partial charge in [0.1, 0.15) is 0 Å². The molecule has 19 heavy (non-hydrogen) atoms. The lowest BCUT2D eigenvalue weighted by Crippen LogP contribution is -2.42. The number of hydrogen-bond donors (Lipinski definition) is 1. The molecule has 1 rings (SSSR count). The van der Waals surface area contributed by atoms with Gasteiger partial charge in [-0.05, 0) is 12.8 Å². The number of hydrogen-bond acceptors (Lipinski definition) is 2. The molecule has 1 N–H and O–H groups in total. The van der Waals surface area contributed by atoms with Crippen LogP contribution in [0.3, 0.4) is 0 Å². The van der Waals surface area contributed by atoms with Crippen molar-refractivity contribution in [3.8, 4) is 0 Å². The van der Waals surface area contributed by atoms with Gasteiger partial charge in [0, 0.05) is 5.54 Å². The first kappa shape index (κ1) is 17.0. The molecular weight excluding hydrogens is 234 g/mol. The summed E-state index contributed by atoms with van der Waals surface area (Å²) in [6.07, 6.45) is 16.4. The maximum absolute atomic E-state index is 5.61. The summed E-state index contributed by atoms with van der Waals surface area (Å²) in [7, 11) is 0. The molecule has 2 heteroatoms. The zero-order valence-corrected chi connectivity index (χ0v) is 13.3. The second-order valence-corrected chi connectivity index (χ2v) is 6.28. The highest BCUT2D eigenvalue weighted by atomic mass is 16.5. The van der Waals surface area contributed by atoms with E-state index in [0.29, 0.717) is 5.54 Å². The lowest BCUT2D eigenvalue weighted by atomic mass is 9.87. The fraction of sp³-hybridized carbons (Fsp3) is 1.00. The molecule has 0 unspecified atom stereocenters. The number of unbranched alkanes of at least 4 members (excludes halogenated alkanes) is 8. The Morgan fingerprint density at radius 2 is 1.32 bits per heavy atom. The van der Waals surface area contributed by atoms with Crippen LogP contribution in [-0.4, -0.2) is 18.9 Å². The fourth-order valence-corrected chi connectivity index (χ4v) is 3.08. The Morgan fingerprint density at radius 3 is 1.74 bits per heavy atom. The minimum Gasteiger partial charge on any atom is -0.364 e. The van der Waals surface area contributed by atoms with Crippen LogP contribution in [0.1, 0.15) is 90.9 Å². The topological polar surface area (TPSA) is 21.3 Å². The van der Waals surface area contributed by atoms with Crippen molar-refractivity contribution < 1.29 is 4.74 Å². The normalized spacial score (nSPS) is 18.0. The Hall–Kier alpha value is -0.0800. The van der Waals surface area contributed by atoms with Crippen molar-refractivity contribution in [2.45, 2.75) is 96.4 Å². The molecule has 0 aromatic carbocycles. The lowest BCUT2D eigenvalue weighted by Gasteiger charge is -2.28. The van der Waals surface area contributed by atoms with E-state index in [1.807, 2.05) is 0 Å². The molecule has 114 valence electrons. The van der Waals surface area contributed by atoms with Crippen molar-refractivity contribution in [1.82, 2.24) is 5.32 Å². The third-order valence-corrected chi connectivity index (χ3v) is 4.45. The molecule has 1 aliphatic rings. The van der Waals surface area contributed by atoms with Crippen molar-refractivity contribution in [2.24, 2.45) is 0 Å². The SMILES string of the molecule is CCCCCCCC1(CCCCCCC)COCN1. The molecule has 0 aromatic rings. The van der Waals surface area contributed by atoms with Gasteiger partial charge in [0.2, 0.25) is 0 Å². The van der Waals surface area contributed by atoms with Gasteiger partial charge in [-0.3, -0.25) is 5.32 Å². The van der Waals surface area contributed by atoms with Gasteiger partial charge >= 0.3 is 0 Å². The minimum absolute atomic E-state index is 0.318. The molecule has 0 bridgehead atoms. The van der Waals surface area contributed by atoms with Gasteiger partial charge in [-0.15, -0.1) is 0 Å². The molecule has 0 atom stereocenters. The van der Waals surface area contributed by atoms with Crippen LogP contribution in [0.2, 0.25) is 0 Å². The molecule has 0 saturated carbocycles. The van der Waals surface area contributed by atoms with E-state index in [0.717, 1.165) is 13.3 Å². The smallest absolute Gasteiger partial charge is 0.0971 e. The van der Waals surface area contributed by atoms with Gasteiger partial charge in [0.05, 0.1) is 13.3 Å². The van der Waals surface area contributed by atoms with Crippen LogP contribution in [0.5, 0.6) is 0 Å². The van der Waals surface area contributed by atoms with E-state index >= 15 is 0 Å². The molecule has 0 aromatic heterocycles. The molecular formula is C17H35NO. The second kappa shape index (κ2) is 10.7. The zero-order valence-electron chi connectivity index (χ0n) is 13.3. The maximum atomic E-state index is 5.61. The number of rotatable bonds is 12. The van der Waals surface area contributed by atoms with Gasteiger partial charge in [-0.1, -0.05) is 78.1 Å². The average Bonchev–Trinajstić information content (AvgIpc) is 2.88. The van der Waals surface area contributed by atoms with Crippen LogP contribution in [0.15, 0.2) is 0 Å². The van der Waals surface area contributed by atoms with Crippen molar-refractivity contribution in [3.05, 3.63) is 0 Å². The first-order valence-electron chi connectivity index (χ1n) is 8.66. The average molecular weight is 269 g/mol. The molecule has 0 aliphatic carbocycles. The minimum atomic E-state index is 0.318. The lowest BCUT2D eigenvalue weighted by molar-refractivity contribution is 0.168. The van der Waals surface area contributed by atoms with Gasteiger partial charge in [0.25, 0.3) is 0 Å². The molecule has 1 saturated heterocycles. The molecule has 1 aliphatic heterocycles. The summed E-state index contributed by atoms with van der Waals surface area (Å²) in [4.78, 5) is 0. The largest absolute Gasteiger partial charge is 0.364 e. The van der Waals surface area contributed by atoms with Crippen molar-refractivity contribution in [1.29, 1.82) is 0 Å². The van der Waals surface area contributed by atoms with Crippen LogP contribution in [0.4, 0.5) is 0 Å². The Bertz CT molecular complexity index is 183. The summed E-state index contributed by atoms with van der Waals surface area (Å²) >= 11 is 0. The Kier molecular flexibility index (Phi) is 9.54. The standard InChI is InChI=1S/C17H35NO/c1-3-5-7-9-11-13-17(15-19-16-18-17)14-12-10-8-6-4-2/h18H,3-16H2,1-2H3. The highest BCUT2D eigenvalue weighted by molar-refractivity contribution is 4.90. The fourth-order valence-electron chi connectivity index (χ4n) is 3.08. The molecule has 1 heterocycles. The number of ether oxygens (including phenoxy) is 1. The number of nitrogens with one attached hydrogen (secondary N) is 1. The molecule has 0 radical (unpaired) electrons. The van der Waals surface area contributed by atoms with Gasteiger partial charge < -0.3 is 4.74 Å². The third kappa shape index (κ3) is 7.31. The second-order valence-electron chi connectivity index (χ2n) is 6.28. The Balaban J connectivity index is 2.14. The summed E-state index contributed by atoms with van der Waals surface area (Å²) in [5, 5.41) is 3.63. The predicted octanol–water partition coefficient (Wildman–Crippen LogP) is 5.02. The first-order valence-corrected chi connectivity index (χ1v) is 8.66. The summed E-state index contributed by atoms with van der Waals surface area (Å²) in [5.41, 5.74) is 0.318. The summed E-state index contributed by atoms with van der Waals surface area (Å²) in [6, 6.07) is 0. The van der Waals surface area contributed by atoms with Gasteiger partial charge in [-0.2, -0.15) is 0 Å². The van der Waals surface area contributed by atoms with E-state index in [1.54, 1.807) is 0 Å². The van der Waals surface area contributed by atoms with Gasteiger partial charge in [0.15, 0.2) is 0 Å². The Morgan fingerprint density at radius 1 is 0.789 bits per heavy atom. The zero-order chi connectivity index (χ0) is 13.8.